The molecular formula is C13H11N5O2. The first-order valence-electron chi connectivity index (χ1n) is 5.92. The summed E-state index contributed by atoms with van der Waals surface area (Å²) in [6, 6.07) is 11.0. The lowest BCUT2D eigenvalue weighted by Gasteiger charge is -1.96. The second kappa shape index (κ2) is 4.96. The van der Waals surface area contributed by atoms with E-state index >= 15 is 0 Å². The number of anilines is 1. The van der Waals surface area contributed by atoms with Crippen molar-refractivity contribution in [2.75, 3.05) is 5.32 Å². The van der Waals surface area contributed by atoms with Crippen LogP contribution in [0.4, 0.5) is 6.01 Å². The van der Waals surface area contributed by atoms with Gasteiger partial charge in [0.05, 0.1) is 0 Å². The van der Waals surface area contributed by atoms with E-state index in [4.69, 9.17) is 4.42 Å². The molecule has 1 N–H and O–H groups in total. The van der Waals surface area contributed by atoms with E-state index in [1.165, 1.54) is 4.68 Å². The first kappa shape index (κ1) is 12.1. The van der Waals surface area contributed by atoms with Gasteiger partial charge in [-0.1, -0.05) is 23.3 Å². The van der Waals surface area contributed by atoms with Crippen LogP contribution in [0, 0.1) is 0 Å². The monoisotopic (exact) mass is 269 g/mol. The largest absolute Gasteiger partial charge is 0.403 e. The molecule has 0 spiro atoms. The Morgan fingerprint density at radius 1 is 1.20 bits per heavy atom. The summed E-state index contributed by atoms with van der Waals surface area (Å²) < 4.78 is 6.92. The third-order valence-electron chi connectivity index (χ3n) is 2.61. The SMILES string of the molecule is Cn1ccc(C(=O)Nc2nnc(-c3ccccc3)o2)n1. The van der Waals surface area contributed by atoms with Crippen molar-refractivity contribution in [3.05, 3.63) is 48.3 Å². The number of nitrogens with zero attached hydrogens (tertiary/aromatic N) is 4. The lowest BCUT2D eigenvalue weighted by atomic mass is 10.2. The smallest absolute Gasteiger partial charge is 0.322 e. The maximum Gasteiger partial charge on any atom is 0.322 e. The molecule has 0 aliphatic rings. The Labute approximate surface area is 114 Å². The standard InChI is InChI=1S/C13H11N5O2/c1-18-8-7-10(17-18)11(19)14-13-16-15-12(20-13)9-5-3-2-4-6-9/h2-8H,1H3,(H,14,16,19). The van der Waals surface area contributed by atoms with Crippen molar-refractivity contribution in [3.63, 3.8) is 0 Å². The molecule has 0 unspecified atom stereocenters. The van der Waals surface area contributed by atoms with E-state index < -0.39 is 5.91 Å². The van der Waals surface area contributed by atoms with Crippen molar-refractivity contribution in [2.24, 2.45) is 7.05 Å². The van der Waals surface area contributed by atoms with Crippen LogP contribution in [0.5, 0.6) is 0 Å². The summed E-state index contributed by atoms with van der Waals surface area (Å²) in [6.07, 6.45) is 1.68. The van der Waals surface area contributed by atoms with Crippen LogP contribution in [0.15, 0.2) is 47.0 Å². The van der Waals surface area contributed by atoms with Gasteiger partial charge >= 0.3 is 6.01 Å². The van der Waals surface area contributed by atoms with Gasteiger partial charge in [0.1, 0.15) is 0 Å². The van der Waals surface area contributed by atoms with Crippen LogP contribution in [-0.4, -0.2) is 25.9 Å². The normalized spacial score (nSPS) is 10.4. The number of benzene rings is 1. The number of hydrogen-bond donors (Lipinski definition) is 1. The number of carbonyl (C=O) groups is 1. The second-order valence-electron chi connectivity index (χ2n) is 4.11. The van der Waals surface area contributed by atoms with Gasteiger partial charge in [0.25, 0.3) is 5.91 Å². The Bertz CT molecular complexity index is 732. The van der Waals surface area contributed by atoms with Gasteiger partial charge in [0.2, 0.25) is 5.89 Å². The van der Waals surface area contributed by atoms with Crippen LogP contribution >= 0.6 is 0 Å². The van der Waals surface area contributed by atoms with E-state index in [0.29, 0.717) is 5.89 Å². The van der Waals surface area contributed by atoms with Crippen LogP contribution in [0.3, 0.4) is 0 Å². The highest BCUT2D eigenvalue weighted by Crippen LogP contribution is 2.19. The lowest BCUT2D eigenvalue weighted by molar-refractivity contribution is 0.101. The highest BCUT2D eigenvalue weighted by molar-refractivity contribution is 6.01. The maximum absolute atomic E-state index is 11.9. The van der Waals surface area contributed by atoms with Gasteiger partial charge in [-0.25, -0.2) is 0 Å². The second-order valence-corrected chi connectivity index (χ2v) is 4.11. The van der Waals surface area contributed by atoms with Crippen molar-refractivity contribution in [2.45, 2.75) is 0 Å². The van der Waals surface area contributed by atoms with Crippen LogP contribution in [-0.2, 0) is 7.05 Å². The average Bonchev–Trinajstić information content (AvgIpc) is 3.09. The topological polar surface area (TPSA) is 85.8 Å². The summed E-state index contributed by atoms with van der Waals surface area (Å²) in [6.45, 7) is 0. The fourth-order valence-corrected chi connectivity index (χ4v) is 1.67. The number of hydrogen-bond acceptors (Lipinski definition) is 5. The average molecular weight is 269 g/mol. The number of aryl methyl sites for hydroxylation is 1. The number of nitrogens with one attached hydrogen (secondary N) is 1. The van der Waals surface area contributed by atoms with E-state index in [-0.39, 0.29) is 11.7 Å². The minimum absolute atomic E-state index is 0.0412. The molecule has 0 bridgehead atoms. The van der Waals surface area contributed by atoms with E-state index in [9.17, 15) is 4.79 Å². The molecule has 2 heterocycles. The summed E-state index contributed by atoms with van der Waals surface area (Å²) in [5, 5.41) is 14.2. The maximum atomic E-state index is 11.9. The van der Waals surface area contributed by atoms with Crippen molar-refractivity contribution in [1.82, 2.24) is 20.0 Å². The molecule has 0 saturated carbocycles. The predicted octanol–water partition coefficient (Wildman–Crippen LogP) is 1.72. The Morgan fingerprint density at radius 2 is 2.00 bits per heavy atom. The molecule has 1 amide bonds. The summed E-state index contributed by atoms with van der Waals surface area (Å²) in [5.74, 6) is -0.0456. The lowest BCUT2D eigenvalue weighted by Crippen LogP contribution is -2.13. The Balaban J connectivity index is 1.76. The van der Waals surface area contributed by atoms with Gasteiger partial charge in [0, 0.05) is 18.8 Å². The van der Waals surface area contributed by atoms with Crippen LogP contribution in [0.2, 0.25) is 0 Å². The zero-order valence-electron chi connectivity index (χ0n) is 10.6. The number of rotatable bonds is 3. The van der Waals surface area contributed by atoms with Gasteiger partial charge < -0.3 is 4.42 Å². The van der Waals surface area contributed by atoms with Gasteiger partial charge in [-0.15, -0.1) is 5.10 Å². The van der Waals surface area contributed by atoms with E-state index in [2.05, 4.69) is 20.6 Å². The fourth-order valence-electron chi connectivity index (χ4n) is 1.67. The predicted molar refractivity (Wildman–Crippen MR) is 70.9 cm³/mol. The summed E-state index contributed by atoms with van der Waals surface area (Å²) in [7, 11) is 1.73. The van der Waals surface area contributed by atoms with Crippen molar-refractivity contribution in [1.29, 1.82) is 0 Å². The minimum Gasteiger partial charge on any atom is -0.403 e. The van der Waals surface area contributed by atoms with E-state index in [1.807, 2.05) is 30.3 Å². The summed E-state index contributed by atoms with van der Waals surface area (Å²) in [4.78, 5) is 11.9. The van der Waals surface area contributed by atoms with Crippen LogP contribution in [0.25, 0.3) is 11.5 Å². The molecule has 7 nitrogen and oxygen atoms in total. The van der Waals surface area contributed by atoms with Crippen molar-refractivity contribution >= 4 is 11.9 Å². The molecule has 3 rings (SSSR count). The van der Waals surface area contributed by atoms with Gasteiger partial charge in [-0.2, -0.15) is 5.10 Å². The van der Waals surface area contributed by atoms with Crippen molar-refractivity contribution in [3.8, 4) is 11.5 Å². The summed E-state index contributed by atoms with van der Waals surface area (Å²) >= 11 is 0. The first-order chi connectivity index (χ1) is 9.72. The molecule has 0 aliphatic heterocycles. The molecule has 20 heavy (non-hydrogen) atoms. The van der Waals surface area contributed by atoms with E-state index in [1.54, 1.807) is 19.3 Å². The molecule has 0 radical (unpaired) electrons. The fraction of sp³-hybridized carbons (Fsp3) is 0.0769. The molecule has 2 aromatic heterocycles. The molecule has 100 valence electrons. The van der Waals surface area contributed by atoms with Crippen LogP contribution in [0.1, 0.15) is 10.5 Å². The highest BCUT2D eigenvalue weighted by Gasteiger charge is 2.14. The van der Waals surface area contributed by atoms with Gasteiger partial charge in [-0.05, 0) is 18.2 Å². The minimum atomic E-state index is -0.395. The van der Waals surface area contributed by atoms with Crippen molar-refractivity contribution < 1.29 is 9.21 Å². The molecular weight excluding hydrogens is 258 g/mol. The van der Waals surface area contributed by atoms with Gasteiger partial charge in [0.15, 0.2) is 5.69 Å². The Morgan fingerprint density at radius 3 is 2.70 bits per heavy atom. The molecule has 0 aliphatic carbocycles. The first-order valence-corrected chi connectivity index (χ1v) is 5.92. The zero-order valence-corrected chi connectivity index (χ0v) is 10.6. The third kappa shape index (κ3) is 2.41. The molecule has 0 saturated heterocycles. The molecule has 0 fully saturated rings. The Kier molecular flexibility index (Phi) is 3.00. The number of carbonyl (C=O) groups excluding carboxylic acids is 1. The quantitative estimate of drug-likeness (QED) is 0.782. The Hall–Kier alpha value is -2.96. The summed E-state index contributed by atoms with van der Waals surface area (Å²) in [5.41, 5.74) is 1.07. The van der Waals surface area contributed by atoms with E-state index in [0.717, 1.165) is 5.56 Å². The van der Waals surface area contributed by atoms with Crippen LogP contribution < -0.4 is 5.32 Å². The molecule has 1 aromatic carbocycles. The third-order valence-corrected chi connectivity index (χ3v) is 2.61. The zero-order chi connectivity index (χ0) is 13.9. The van der Waals surface area contributed by atoms with Gasteiger partial charge in [-0.3, -0.25) is 14.8 Å². The number of aromatic nitrogens is 4. The highest BCUT2D eigenvalue weighted by atomic mass is 16.4. The molecule has 7 heteroatoms. The molecule has 3 aromatic rings. The molecule has 0 atom stereocenters. The number of amides is 1.